The van der Waals surface area contributed by atoms with Crippen molar-refractivity contribution in [1.29, 1.82) is 0 Å². The van der Waals surface area contributed by atoms with Gasteiger partial charge in [0, 0.05) is 42.7 Å². The smallest absolute Gasteiger partial charge is 0.263 e. The lowest BCUT2D eigenvalue weighted by atomic mass is 10.2. The van der Waals surface area contributed by atoms with Crippen molar-refractivity contribution < 1.29 is 27.4 Å². The van der Waals surface area contributed by atoms with E-state index in [-0.39, 0.29) is 41.2 Å². The van der Waals surface area contributed by atoms with Crippen LogP contribution in [0.3, 0.4) is 0 Å². The SMILES string of the molecule is COc1cc(Nc2nc3ccccc3nc2NS(=O)(=O)c2cccc(NC(=O)CN3CC(C)OC(C)C3)c2)cc(OC)c1. The number of sulfonamides is 1. The molecular weight excluding hydrogens is 572 g/mol. The van der Waals surface area contributed by atoms with Crippen LogP contribution < -0.4 is 24.8 Å². The van der Waals surface area contributed by atoms with Crippen LogP contribution in [0, 0.1) is 0 Å². The highest BCUT2D eigenvalue weighted by atomic mass is 32.2. The molecule has 12 nitrogen and oxygen atoms in total. The fraction of sp³-hybridized carbons (Fsp3) is 0.300. The first kappa shape index (κ1) is 30.0. The number of hydrogen-bond donors (Lipinski definition) is 3. The van der Waals surface area contributed by atoms with Gasteiger partial charge in [-0.3, -0.25) is 14.4 Å². The van der Waals surface area contributed by atoms with Gasteiger partial charge in [-0.2, -0.15) is 0 Å². The summed E-state index contributed by atoms with van der Waals surface area (Å²) in [6, 6.07) is 18.3. The standard InChI is InChI=1S/C30H34N6O6S/c1-19-16-36(17-20(2)42-19)18-28(37)31-21-8-7-9-25(14-21)43(38,39)35-30-29(33-26-10-5-6-11-27(26)34-30)32-22-12-23(40-3)15-24(13-22)41-4/h5-15,19-20H,16-18H2,1-4H3,(H,31,37)(H,32,33)(H,34,35). The van der Waals surface area contributed by atoms with E-state index in [1.54, 1.807) is 48.5 Å². The third kappa shape index (κ3) is 7.49. The molecule has 0 saturated carbocycles. The van der Waals surface area contributed by atoms with Gasteiger partial charge in [0.15, 0.2) is 11.6 Å². The average molecular weight is 607 g/mol. The van der Waals surface area contributed by atoms with Crippen LogP contribution in [-0.2, 0) is 19.6 Å². The molecule has 0 radical (unpaired) electrons. The second-order valence-corrected chi connectivity index (χ2v) is 12.0. The van der Waals surface area contributed by atoms with Gasteiger partial charge in [-0.05, 0) is 44.2 Å². The highest BCUT2D eigenvalue weighted by molar-refractivity contribution is 7.92. The quantitative estimate of drug-likeness (QED) is 0.240. The van der Waals surface area contributed by atoms with Crippen molar-refractivity contribution in [3.63, 3.8) is 0 Å². The summed E-state index contributed by atoms with van der Waals surface area (Å²) in [4.78, 5) is 23.9. The molecule has 4 aromatic rings. The lowest BCUT2D eigenvalue weighted by Crippen LogP contribution is -2.48. The number of nitrogens with one attached hydrogen (secondary N) is 3. The van der Waals surface area contributed by atoms with Crippen molar-refractivity contribution >= 4 is 50.0 Å². The molecule has 0 bridgehead atoms. The monoisotopic (exact) mass is 606 g/mol. The Balaban J connectivity index is 1.39. The summed E-state index contributed by atoms with van der Waals surface area (Å²) in [5.41, 5.74) is 1.97. The Labute approximate surface area is 250 Å². The zero-order valence-electron chi connectivity index (χ0n) is 24.3. The minimum absolute atomic E-state index is 0.00881. The Hall–Kier alpha value is -4.46. The van der Waals surface area contributed by atoms with Gasteiger partial charge in [0.1, 0.15) is 11.5 Å². The second kappa shape index (κ2) is 12.8. The van der Waals surface area contributed by atoms with E-state index in [2.05, 4.69) is 25.3 Å². The highest BCUT2D eigenvalue weighted by Crippen LogP contribution is 2.31. The number of nitrogens with zero attached hydrogens (tertiary/aromatic N) is 3. The lowest BCUT2D eigenvalue weighted by Gasteiger charge is -2.34. The number of hydrogen-bond acceptors (Lipinski definition) is 10. The van der Waals surface area contributed by atoms with E-state index < -0.39 is 10.0 Å². The number of carbonyl (C=O) groups excluding carboxylic acids is 1. The van der Waals surface area contributed by atoms with Crippen LogP contribution in [0.1, 0.15) is 13.8 Å². The Morgan fingerprint density at radius 3 is 2.14 bits per heavy atom. The number of aromatic nitrogens is 2. The van der Waals surface area contributed by atoms with Crippen molar-refractivity contribution in [3.8, 4) is 11.5 Å². The molecule has 0 aliphatic carbocycles. The molecule has 0 spiro atoms. The number of carbonyl (C=O) groups is 1. The van der Waals surface area contributed by atoms with Crippen LogP contribution >= 0.6 is 0 Å². The molecular formula is C30H34N6O6S. The topological polar surface area (TPSA) is 144 Å². The van der Waals surface area contributed by atoms with Gasteiger partial charge >= 0.3 is 0 Å². The Morgan fingerprint density at radius 2 is 1.51 bits per heavy atom. The van der Waals surface area contributed by atoms with Gasteiger partial charge in [0.2, 0.25) is 5.91 Å². The molecule has 13 heteroatoms. The first-order chi connectivity index (χ1) is 20.6. The predicted octanol–water partition coefficient (Wildman–Crippen LogP) is 4.24. The molecule has 1 aliphatic heterocycles. The zero-order chi connectivity index (χ0) is 30.6. The van der Waals surface area contributed by atoms with E-state index in [4.69, 9.17) is 14.2 Å². The maximum Gasteiger partial charge on any atom is 0.263 e. The van der Waals surface area contributed by atoms with E-state index >= 15 is 0 Å². The largest absolute Gasteiger partial charge is 0.497 e. The molecule has 226 valence electrons. The summed E-state index contributed by atoms with van der Waals surface area (Å²) in [5.74, 6) is 0.995. The van der Waals surface area contributed by atoms with Gasteiger partial charge in [0.25, 0.3) is 10.0 Å². The zero-order valence-corrected chi connectivity index (χ0v) is 25.1. The van der Waals surface area contributed by atoms with Crippen molar-refractivity contribution in [3.05, 3.63) is 66.7 Å². The maximum absolute atomic E-state index is 13.6. The summed E-state index contributed by atoms with van der Waals surface area (Å²) in [6.07, 6.45) is 0.0549. The third-order valence-corrected chi connectivity index (χ3v) is 8.04. The van der Waals surface area contributed by atoms with E-state index in [0.717, 1.165) is 0 Å². The van der Waals surface area contributed by atoms with Crippen LogP contribution in [0.5, 0.6) is 11.5 Å². The van der Waals surface area contributed by atoms with Crippen LogP contribution in [0.2, 0.25) is 0 Å². The van der Waals surface area contributed by atoms with E-state index in [1.807, 2.05) is 24.8 Å². The molecule has 1 fully saturated rings. The van der Waals surface area contributed by atoms with E-state index in [9.17, 15) is 13.2 Å². The van der Waals surface area contributed by atoms with Crippen molar-refractivity contribution in [2.24, 2.45) is 0 Å². The van der Waals surface area contributed by atoms with Crippen LogP contribution in [-0.4, -0.2) is 75.3 Å². The van der Waals surface area contributed by atoms with Gasteiger partial charge in [-0.15, -0.1) is 0 Å². The second-order valence-electron chi connectivity index (χ2n) is 10.3. The highest BCUT2D eigenvalue weighted by Gasteiger charge is 2.24. The third-order valence-electron chi connectivity index (χ3n) is 6.71. The first-order valence-electron chi connectivity index (χ1n) is 13.7. The summed E-state index contributed by atoms with van der Waals surface area (Å²) < 4.78 is 46.2. The van der Waals surface area contributed by atoms with Crippen molar-refractivity contribution in [2.75, 3.05) is 49.2 Å². The summed E-state index contributed by atoms with van der Waals surface area (Å²) >= 11 is 0. The summed E-state index contributed by atoms with van der Waals surface area (Å²) in [5, 5.41) is 5.95. The average Bonchev–Trinajstić information content (AvgIpc) is 2.96. The van der Waals surface area contributed by atoms with Crippen LogP contribution in [0.4, 0.5) is 23.0 Å². The number of rotatable bonds is 10. The van der Waals surface area contributed by atoms with E-state index in [1.165, 1.54) is 26.4 Å². The minimum Gasteiger partial charge on any atom is -0.497 e. The van der Waals surface area contributed by atoms with Gasteiger partial charge in [0.05, 0.1) is 48.9 Å². The van der Waals surface area contributed by atoms with Gasteiger partial charge in [-0.25, -0.2) is 18.4 Å². The Morgan fingerprint density at radius 1 is 0.884 bits per heavy atom. The molecule has 3 aromatic carbocycles. The van der Waals surface area contributed by atoms with Crippen molar-refractivity contribution in [2.45, 2.75) is 31.0 Å². The van der Waals surface area contributed by atoms with Crippen LogP contribution in [0.15, 0.2) is 71.6 Å². The predicted molar refractivity (Wildman–Crippen MR) is 165 cm³/mol. The number of fused-ring (bicyclic) bond motifs is 1. The number of methoxy groups -OCH3 is 2. The maximum atomic E-state index is 13.6. The molecule has 43 heavy (non-hydrogen) atoms. The fourth-order valence-electron chi connectivity index (χ4n) is 4.92. The molecule has 2 atom stereocenters. The number of morpholine rings is 1. The number of ether oxygens (including phenoxy) is 3. The lowest BCUT2D eigenvalue weighted by molar-refractivity contribution is -0.121. The summed E-state index contributed by atoms with van der Waals surface area (Å²) in [6.45, 7) is 5.39. The first-order valence-corrected chi connectivity index (χ1v) is 15.2. The molecule has 2 unspecified atom stereocenters. The Bertz CT molecular complexity index is 1700. The van der Waals surface area contributed by atoms with Crippen molar-refractivity contribution in [1.82, 2.24) is 14.9 Å². The normalized spacial score (nSPS) is 17.3. The molecule has 2 heterocycles. The fourth-order valence-corrected chi connectivity index (χ4v) is 5.97. The molecule has 1 aliphatic rings. The molecule has 3 N–H and O–H groups in total. The molecule has 1 amide bonds. The van der Waals surface area contributed by atoms with E-state index in [0.29, 0.717) is 47.0 Å². The number of benzene rings is 3. The van der Waals surface area contributed by atoms with Gasteiger partial charge < -0.3 is 24.8 Å². The molecule has 1 saturated heterocycles. The molecule has 5 rings (SSSR count). The summed E-state index contributed by atoms with van der Waals surface area (Å²) in [7, 11) is -1.07. The number of anilines is 4. The number of amides is 1. The van der Waals surface area contributed by atoms with Crippen LogP contribution in [0.25, 0.3) is 11.0 Å². The number of para-hydroxylation sites is 2. The minimum atomic E-state index is -4.14. The van der Waals surface area contributed by atoms with Gasteiger partial charge in [-0.1, -0.05) is 18.2 Å². The Kier molecular flexibility index (Phi) is 8.94. The molecule has 1 aromatic heterocycles.